The van der Waals surface area contributed by atoms with Gasteiger partial charge in [0.2, 0.25) is 0 Å². The Kier molecular flexibility index (Phi) is 4.39. The van der Waals surface area contributed by atoms with E-state index in [1.54, 1.807) is 13.2 Å². The maximum Gasteiger partial charge on any atom is 0.123 e. The number of halogens is 1. The molecule has 5 heteroatoms. The van der Waals surface area contributed by atoms with Crippen LogP contribution in [-0.2, 0) is 13.6 Å². The van der Waals surface area contributed by atoms with E-state index in [0.717, 1.165) is 16.8 Å². The maximum atomic E-state index is 13.4. The summed E-state index contributed by atoms with van der Waals surface area (Å²) in [6.45, 7) is 4.70. The summed E-state index contributed by atoms with van der Waals surface area (Å²) in [5.74, 6) is 0.432. The Morgan fingerprint density at radius 2 is 2.20 bits per heavy atom. The molecule has 108 valence electrons. The van der Waals surface area contributed by atoms with Gasteiger partial charge < -0.3 is 10.1 Å². The number of aryl methyl sites for hydroxylation is 1. The van der Waals surface area contributed by atoms with Crippen LogP contribution in [0.2, 0.25) is 0 Å². The summed E-state index contributed by atoms with van der Waals surface area (Å²) in [5, 5.41) is 7.58. The van der Waals surface area contributed by atoms with Crippen LogP contribution in [0.5, 0.6) is 5.75 Å². The van der Waals surface area contributed by atoms with E-state index in [2.05, 4.69) is 10.4 Å². The van der Waals surface area contributed by atoms with Gasteiger partial charge in [-0.1, -0.05) is 0 Å². The van der Waals surface area contributed by atoms with Gasteiger partial charge >= 0.3 is 0 Å². The molecule has 1 aromatic carbocycles. The topological polar surface area (TPSA) is 39.1 Å². The van der Waals surface area contributed by atoms with Crippen LogP contribution in [0.4, 0.5) is 4.39 Å². The SMILES string of the molecule is COc1ccc(F)cc1C(C)NCc1cnn(C)c1C. The minimum Gasteiger partial charge on any atom is -0.496 e. The van der Waals surface area contributed by atoms with Gasteiger partial charge in [0.1, 0.15) is 11.6 Å². The number of hydrogen-bond acceptors (Lipinski definition) is 3. The third-order valence-electron chi connectivity index (χ3n) is 3.59. The molecule has 1 unspecified atom stereocenters. The Labute approximate surface area is 118 Å². The summed E-state index contributed by atoms with van der Waals surface area (Å²) < 4.78 is 20.5. The molecule has 1 N–H and O–H groups in total. The molecule has 1 heterocycles. The maximum absolute atomic E-state index is 13.4. The first-order chi connectivity index (χ1) is 9.52. The van der Waals surface area contributed by atoms with Crippen LogP contribution < -0.4 is 10.1 Å². The zero-order chi connectivity index (χ0) is 14.7. The third kappa shape index (κ3) is 2.99. The summed E-state index contributed by atoms with van der Waals surface area (Å²) in [6.07, 6.45) is 1.85. The Balaban J connectivity index is 2.10. The quantitative estimate of drug-likeness (QED) is 0.913. The van der Waals surface area contributed by atoms with Crippen molar-refractivity contribution >= 4 is 0 Å². The van der Waals surface area contributed by atoms with Crippen LogP contribution in [0.1, 0.15) is 29.8 Å². The lowest BCUT2D eigenvalue weighted by molar-refractivity contribution is 0.399. The van der Waals surface area contributed by atoms with Crippen LogP contribution in [0.25, 0.3) is 0 Å². The summed E-state index contributed by atoms with van der Waals surface area (Å²) in [5.41, 5.74) is 3.07. The molecule has 20 heavy (non-hydrogen) atoms. The van der Waals surface area contributed by atoms with Gasteiger partial charge in [0, 0.05) is 36.5 Å². The van der Waals surface area contributed by atoms with Crippen molar-refractivity contribution in [3.05, 3.63) is 47.0 Å². The molecule has 0 spiro atoms. The molecule has 0 saturated carbocycles. The standard InChI is InChI=1S/C15H20FN3O/c1-10(14-7-13(16)5-6-15(14)20-4)17-8-12-9-18-19(3)11(12)2/h5-7,9-10,17H,8H2,1-4H3. The van der Waals surface area contributed by atoms with Gasteiger partial charge in [0.25, 0.3) is 0 Å². The highest BCUT2D eigenvalue weighted by Gasteiger charge is 2.13. The Hall–Kier alpha value is -1.88. The van der Waals surface area contributed by atoms with Crippen molar-refractivity contribution in [2.24, 2.45) is 7.05 Å². The third-order valence-corrected chi connectivity index (χ3v) is 3.59. The highest BCUT2D eigenvalue weighted by molar-refractivity contribution is 5.36. The summed E-state index contributed by atoms with van der Waals surface area (Å²) in [4.78, 5) is 0. The molecular formula is C15H20FN3O. The largest absolute Gasteiger partial charge is 0.496 e. The Morgan fingerprint density at radius 3 is 2.80 bits per heavy atom. The summed E-state index contributed by atoms with van der Waals surface area (Å²) in [6, 6.07) is 4.55. The number of nitrogens with one attached hydrogen (secondary N) is 1. The van der Waals surface area contributed by atoms with Crippen LogP contribution in [0, 0.1) is 12.7 Å². The van der Waals surface area contributed by atoms with E-state index in [9.17, 15) is 4.39 Å². The fraction of sp³-hybridized carbons (Fsp3) is 0.400. The number of rotatable bonds is 5. The minimum absolute atomic E-state index is 0.0137. The van der Waals surface area contributed by atoms with Gasteiger partial charge in [-0.25, -0.2) is 4.39 Å². The second-order valence-electron chi connectivity index (χ2n) is 4.87. The second kappa shape index (κ2) is 6.05. The normalized spacial score (nSPS) is 12.4. The van der Waals surface area contributed by atoms with Crippen LogP contribution >= 0.6 is 0 Å². The van der Waals surface area contributed by atoms with Gasteiger partial charge in [-0.3, -0.25) is 4.68 Å². The number of nitrogens with zero attached hydrogens (tertiary/aromatic N) is 2. The highest BCUT2D eigenvalue weighted by Crippen LogP contribution is 2.26. The molecule has 2 aromatic rings. The van der Waals surface area contributed by atoms with E-state index >= 15 is 0 Å². The first-order valence-electron chi connectivity index (χ1n) is 6.57. The Morgan fingerprint density at radius 1 is 1.45 bits per heavy atom. The predicted octanol–water partition coefficient (Wildman–Crippen LogP) is 2.73. The molecule has 0 aliphatic heterocycles. The minimum atomic E-state index is -0.257. The molecule has 4 nitrogen and oxygen atoms in total. The number of methoxy groups -OCH3 is 1. The van der Waals surface area contributed by atoms with Crippen molar-refractivity contribution < 1.29 is 9.13 Å². The molecule has 0 fully saturated rings. The zero-order valence-corrected chi connectivity index (χ0v) is 12.3. The van der Waals surface area contributed by atoms with Crippen molar-refractivity contribution in [3.63, 3.8) is 0 Å². The van der Waals surface area contributed by atoms with Crippen molar-refractivity contribution in [3.8, 4) is 5.75 Å². The van der Waals surface area contributed by atoms with E-state index in [-0.39, 0.29) is 11.9 Å². The number of ether oxygens (including phenoxy) is 1. The second-order valence-corrected chi connectivity index (χ2v) is 4.87. The lowest BCUT2D eigenvalue weighted by atomic mass is 10.1. The monoisotopic (exact) mass is 277 g/mol. The zero-order valence-electron chi connectivity index (χ0n) is 12.3. The van der Waals surface area contributed by atoms with Crippen LogP contribution in [-0.4, -0.2) is 16.9 Å². The van der Waals surface area contributed by atoms with E-state index in [1.165, 1.54) is 12.1 Å². The molecule has 1 aromatic heterocycles. The van der Waals surface area contributed by atoms with E-state index in [1.807, 2.05) is 31.8 Å². The van der Waals surface area contributed by atoms with Crippen molar-refractivity contribution in [1.82, 2.24) is 15.1 Å². The molecule has 0 radical (unpaired) electrons. The van der Waals surface area contributed by atoms with Gasteiger partial charge in [0.15, 0.2) is 0 Å². The van der Waals surface area contributed by atoms with Crippen LogP contribution in [0.15, 0.2) is 24.4 Å². The van der Waals surface area contributed by atoms with Gasteiger partial charge in [-0.2, -0.15) is 5.10 Å². The molecule has 0 amide bonds. The first kappa shape index (κ1) is 14.5. The molecule has 0 aliphatic rings. The average Bonchev–Trinajstić information content (AvgIpc) is 2.76. The van der Waals surface area contributed by atoms with Crippen molar-refractivity contribution in [1.29, 1.82) is 0 Å². The van der Waals surface area contributed by atoms with E-state index in [4.69, 9.17) is 4.74 Å². The molecule has 0 bridgehead atoms. The van der Waals surface area contributed by atoms with E-state index < -0.39 is 0 Å². The molecule has 2 rings (SSSR count). The average molecular weight is 277 g/mol. The van der Waals surface area contributed by atoms with E-state index in [0.29, 0.717) is 12.3 Å². The highest BCUT2D eigenvalue weighted by atomic mass is 19.1. The molecule has 1 atom stereocenters. The summed E-state index contributed by atoms with van der Waals surface area (Å²) in [7, 11) is 3.51. The first-order valence-corrected chi connectivity index (χ1v) is 6.57. The lowest BCUT2D eigenvalue weighted by Gasteiger charge is -2.17. The van der Waals surface area contributed by atoms with Gasteiger partial charge in [-0.05, 0) is 32.0 Å². The van der Waals surface area contributed by atoms with Gasteiger partial charge in [-0.15, -0.1) is 0 Å². The number of benzene rings is 1. The van der Waals surface area contributed by atoms with Crippen molar-refractivity contribution in [2.75, 3.05) is 7.11 Å². The smallest absolute Gasteiger partial charge is 0.123 e. The fourth-order valence-corrected chi connectivity index (χ4v) is 2.13. The lowest BCUT2D eigenvalue weighted by Crippen LogP contribution is -2.19. The molecular weight excluding hydrogens is 257 g/mol. The molecule has 0 aliphatic carbocycles. The summed E-state index contributed by atoms with van der Waals surface area (Å²) >= 11 is 0. The number of aromatic nitrogens is 2. The number of hydrogen-bond donors (Lipinski definition) is 1. The van der Waals surface area contributed by atoms with Gasteiger partial charge in [0.05, 0.1) is 13.3 Å². The van der Waals surface area contributed by atoms with Crippen LogP contribution in [0.3, 0.4) is 0 Å². The Bertz CT molecular complexity index is 595. The predicted molar refractivity (Wildman–Crippen MR) is 76.2 cm³/mol. The molecule has 0 saturated heterocycles. The fourth-order valence-electron chi connectivity index (χ4n) is 2.13. The van der Waals surface area contributed by atoms with Crippen molar-refractivity contribution in [2.45, 2.75) is 26.4 Å².